The summed E-state index contributed by atoms with van der Waals surface area (Å²) in [5.74, 6) is 2.21. The Morgan fingerprint density at radius 3 is 2.69 bits per heavy atom. The van der Waals surface area contributed by atoms with Gasteiger partial charge in [0.1, 0.15) is 23.3 Å². The highest BCUT2D eigenvalue weighted by Gasteiger charge is 2.19. The Hall–Kier alpha value is -3.13. The Kier molecular flexibility index (Phi) is 5.94. The van der Waals surface area contributed by atoms with Crippen LogP contribution in [0.2, 0.25) is 5.02 Å². The molecule has 1 saturated heterocycles. The molecule has 0 radical (unpaired) electrons. The fraction of sp³-hybridized carbons (Fsp3) is 0.250. The summed E-state index contributed by atoms with van der Waals surface area (Å²) in [6.07, 6.45) is 5.61. The Balaban J connectivity index is 1.37. The molecule has 4 aromatic rings. The van der Waals surface area contributed by atoms with Gasteiger partial charge < -0.3 is 15.8 Å². The van der Waals surface area contributed by atoms with E-state index in [1.807, 2.05) is 47.1 Å². The Morgan fingerprint density at radius 1 is 1.06 bits per heavy atom. The molecule has 1 aliphatic heterocycles. The molecule has 7 nitrogen and oxygen atoms in total. The van der Waals surface area contributed by atoms with Gasteiger partial charge in [0, 0.05) is 35.6 Å². The molecule has 0 unspecified atom stereocenters. The van der Waals surface area contributed by atoms with E-state index in [1.165, 1.54) is 5.56 Å². The molecular weight excluding hydrogens is 424 g/mol. The number of rotatable bonds is 6. The van der Waals surface area contributed by atoms with Crippen LogP contribution in [0.4, 0.5) is 11.5 Å². The first-order valence-corrected chi connectivity index (χ1v) is 11.1. The van der Waals surface area contributed by atoms with Crippen LogP contribution < -0.4 is 15.8 Å². The highest BCUT2D eigenvalue weighted by atomic mass is 35.5. The summed E-state index contributed by atoms with van der Waals surface area (Å²) in [5, 5.41) is 8.50. The lowest BCUT2D eigenvalue weighted by molar-refractivity contribution is 0.206. The lowest BCUT2D eigenvalue weighted by atomic mass is 10.1. The smallest absolute Gasteiger partial charge is 0.158 e. The second-order valence-corrected chi connectivity index (χ2v) is 8.50. The molecule has 3 N–H and O–H groups in total. The molecule has 0 bridgehead atoms. The van der Waals surface area contributed by atoms with Gasteiger partial charge in [-0.15, -0.1) is 0 Å². The van der Waals surface area contributed by atoms with Crippen molar-refractivity contribution in [3.05, 3.63) is 77.7 Å². The molecule has 32 heavy (non-hydrogen) atoms. The zero-order chi connectivity index (χ0) is 21.9. The van der Waals surface area contributed by atoms with Crippen molar-refractivity contribution in [1.29, 1.82) is 0 Å². The zero-order valence-corrected chi connectivity index (χ0v) is 18.4. The summed E-state index contributed by atoms with van der Waals surface area (Å²) < 4.78 is 7.83. The van der Waals surface area contributed by atoms with E-state index < -0.39 is 0 Å². The van der Waals surface area contributed by atoms with Crippen molar-refractivity contribution in [2.24, 2.45) is 5.73 Å². The molecule has 0 amide bonds. The zero-order valence-electron chi connectivity index (χ0n) is 17.6. The summed E-state index contributed by atoms with van der Waals surface area (Å²) in [4.78, 5) is 6.97. The van der Waals surface area contributed by atoms with Gasteiger partial charge in [-0.25, -0.2) is 9.50 Å². The van der Waals surface area contributed by atoms with Gasteiger partial charge >= 0.3 is 0 Å². The number of nitrogens with one attached hydrogen (secondary N) is 1. The van der Waals surface area contributed by atoms with Crippen molar-refractivity contribution in [2.45, 2.75) is 25.4 Å². The molecule has 1 aliphatic rings. The van der Waals surface area contributed by atoms with Crippen LogP contribution in [0, 0.1) is 0 Å². The number of hydrogen-bond donors (Lipinski definition) is 2. The van der Waals surface area contributed by atoms with Crippen LogP contribution in [0.1, 0.15) is 18.4 Å². The minimum atomic E-state index is 0.319. The van der Waals surface area contributed by atoms with Gasteiger partial charge in [0.25, 0.3) is 0 Å². The van der Waals surface area contributed by atoms with Crippen LogP contribution in [-0.4, -0.2) is 38.6 Å². The third kappa shape index (κ3) is 4.70. The first-order valence-electron chi connectivity index (χ1n) is 10.7. The largest absolute Gasteiger partial charge is 0.457 e. The van der Waals surface area contributed by atoms with E-state index >= 15 is 0 Å². The number of likely N-dealkylation sites (tertiary alicyclic amines) is 1. The summed E-state index contributed by atoms with van der Waals surface area (Å²) in [6.45, 7) is 2.88. The number of nitrogens with two attached hydrogens (primary N) is 1. The van der Waals surface area contributed by atoms with Crippen LogP contribution in [0.5, 0.6) is 11.5 Å². The highest BCUT2D eigenvalue weighted by Crippen LogP contribution is 2.29. The second kappa shape index (κ2) is 9.16. The molecule has 0 atom stereocenters. The average Bonchev–Trinajstić information content (AvgIpc) is 3.21. The van der Waals surface area contributed by atoms with Gasteiger partial charge in [-0.2, -0.15) is 5.10 Å². The molecule has 5 rings (SSSR count). The molecule has 1 fully saturated rings. The minimum absolute atomic E-state index is 0.319. The van der Waals surface area contributed by atoms with Crippen LogP contribution in [0.25, 0.3) is 5.52 Å². The second-order valence-electron chi connectivity index (χ2n) is 8.07. The molecular formula is C24H25ClN6O. The fourth-order valence-corrected chi connectivity index (χ4v) is 4.13. The summed E-state index contributed by atoms with van der Waals surface area (Å²) in [7, 11) is 0. The van der Waals surface area contributed by atoms with Crippen molar-refractivity contribution in [1.82, 2.24) is 19.5 Å². The third-order valence-electron chi connectivity index (χ3n) is 5.71. The summed E-state index contributed by atoms with van der Waals surface area (Å²) in [6, 6.07) is 17.5. The molecule has 0 spiro atoms. The number of aromatic nitrogens is 3. The van der Waals surface area contributed by atoms with Crippen molar-refractivity contribution in [3.8, 4) is 11.5 Å². The summed E-state index contributed by atoms with van der Waals surface area (Å²) >= 11 is 5.96. The van der Waals surface area contributed by atoms with E-state index in [2.05, 4.69) is 26.4 Å². The normalized spacial score (nSPS) is 15.2. The highest BCUT2D eigenvalue weighted by molar-refractivity contribution is 6.30. The van der Waals surface area contributed by atoms with E-state index in [0.717, 1.165) is 61.0 Å². The molecule has 2 aromatic heterocycles. The minimum Gasteiger partial charge on any atom is -0.457 e. The van der Waals surface area contributed by atoms with Gasteiger partial charge in [-0.05, 0) is 74.0 Å². The van der Waals surface area contributed by atoms with Crippen molar-refractivity contribution < 1.29 is 4.74 Å². The average molecular weight is 449 g/mol. The van der Waals surface area contributed by atoms with Gasteiger partial charge in [0.05, 0.1) is 0 Å². The Labute approximate surface area is 191 Å². The van der Waals surface area contributed by atoms with Crippen LogP contribution >= 0.6 is 11.6 Å². The quantitative estimate of drug-likeness (QED) is 0.439. The van der Waals surface area contributed by atoms with Crippen LogP contribution in [-0.2, 0) is 6.54 Å². The number of benzene rings is 2. The third-order valence-corrected chi connectivity index (χ3v) is 5.96. The SMILES string of the molecule is NC1CCN(Cc2ccn3ncnc(Nc4cccc(Oc5ccc(Cl)cc5)c4)c23)CC1. The number of anilines is 2. The van der Waals surface area contributed by atoms with Gasteiger partial charge in [-0.1, -0.05) is 17.7 Å². The molecule has 2 aromatic carbocycles. The van der Waals surface area contributed by atoms with E-state index in [0.29, 0.717) is 11.1 Å². The summed E-state index contributed by atoms with van der Waals surface area (Å²) in [5.41, 5.74) is 9.11. The Morgan fingerprint density at radius 2 is 1.88 bits per heavy atom. The number of ether oxygens (including phenoxy) is 1. The predicted molar refractivity (Wildman–Crippen MR) is 127 cm³/mol. The number of hydrogen-bond acceptors (Lipinski definition) is 6. The van der Waals surface area contributed by atoms with E-state index in [-0.39, 0.29) is 0 Å². The van der Waals surface area contributed by atoms with Crippen LogP contribution in [0.3, 0.4) is 0 Å². The van der Waals surface area contributed by atoms with E-state index in [1.54, 1.807) is 18.5 Å². The molecule has 0 aliphatic carbocycles. The van der Waals surface area contributed by atoms with E-state index in [9.17, 15) is 0 Å². The number of halogens is 1. The standard InChI is InChI=1S/C24H25ClN6O/c25-18-4-6-21(7-5-18)32-22-3-1-2-20(14-22)29-24-23-17(8-13-31(23)28-16-27-24)15-30-11-9-19(26)10-12-30/h1-8,13-14,16,19H,9-12,15,26H2,(H,27,28,29). The molecule has 8 heteroatoms. The van der Waals surface area contributed by atoms with Crippen molar-refractivity contribution in [3.63, 3.8) is 0 Å². The van der Waals surface area contributed by atoms with Crippen molar-refractivity contribution >= 4 is 28.6 Å². The molecule has 3 heterocycles. The van der Waals surface area contributed by atoms with Gasteiger partial charge in [0.15, 0.2) is 5.82 Å². The number of piperidine rings is 1. The van der Waals surface area contributed by atoms with E-state index in [4.69, 9.17) is 22.1 Å². The van der Waals surface area contributed by atoms with Crippen molar-refractivity contribution in [2.75, 3.05) is 18.4 Å². The number of nitrogens with zero attached hydrogens (tertiary/aromatic N) is 4. The maximum Gasteiger partial charge on any atom is 0.158 e. The number of fused-ring (bicyclic) bond motifs is 1. The maximum absolute atomic E-state index is 6.06. The van der Waals surface area contributed by atoms with Crippen LogP contribution in [0.15, 0.2) is 67.1 Å². The maximum atomic E-state index is 6.06. The lowest BCUT2D eigenvalue weighted by Gasteiger charge is -2.29. The first-order chi connectivity index (χ1) is 15.6. The molecule has 164 valence electrons. The predicted octanol–water partition coefficient (Wildman–Crippen LogP) is 4.84. The fourth-order valence-electron chi connectivity index (χ4n) is 4.00. The molecule has 0 saturated carbocycles. The topological polar surface area (TPSA) is 80.7 Å². The monoisotopic (exact) mass is 448 g/mol. The lowest BCUT2D eigenvalue weighted by Crippen LogP contribution is -2.39. The Bertz CT molecular complexity index is 1200. The van der Waals surface area contributed by atoms with Gasteiger partial charge in [0.2, 0.25) is 0 Å². The first kappa shape index (κ1) is 20.8. The van der Waals surface area contributed by atoms with Gasteiger partial charge in [-0.3, -0.25) is 4.90 Å².